The molecule has 1 aromatic carbocycles. The Labute approximate surface area is 308 Å². The normalized spacial score (nSPS) is 12.5. The summed E-state index contributed by atoms with van der Waals surface area (Å²) in [6.45, 7) is 20.5. The third kappa shape index (κ3) is 14.3. The van der Waals surface area contributed by atoms with E-state index in [1.807, 2.05) is 6.07 Å². The zero-order valence-corrected chi connectivity index (χ0v) is 33.5. The third-order valence-corrected chi connectivity index (χ3v) is 10.4. The molecule has 0 spiro atoms. The second kappa shape index (κ2) is 22.8. The topological polar surface area (TPSA) is 146 Å². The van der Waals surface area contributed by atoms with Crippen molar-refractivity contribution in [3.05, 3.63) is 28.8 Å². The molecule has 0 fully saturated rings. The van der Waals surface area contributed by atoms with Crippen LogP contribution in [-0.4, -0.2) is 83.3 Å². The van der Waals surface area contributed by atoms with Crippen molar-refractivity contribution in [2.45, 2.75) is 107 Å². The van der Waals surface area contributed by atoms with E-state index in [2.05, 4.69) is 68.7 Å². The Kier molecular flexibility index (Phi) is 22.1. The van der Waals surface area contributed by atoms with Gasteiger partial charge in [0.1, 0.15) is 14.7 Å². The van der Waals surface area contributed by atoms with Crippen LogP contribution in [0.5, 0.6) is 0 Å². The SMILES string of the molecule is C.C#CCC(CC#C)(C(=O)OCC)C(=O)OCC.CCOC(=O)C1(C(=O)OCC)Cc2cc(CO)c([Si](C)(C)C)cc2C1.C[Si](C)(C)C#CCO. The fraction of sp³-hybridized carbons (Fsp3) is 0.590. The van der Waals surface area contributed by atoms with Gasteiger partial charge < -0.3 is 29.2 Å². The van der Waals surface area contributed by atoms with Crippen molar-refractivity contribution in [2.24, 2.45) is 10.8 Å². The summed E-state index contributed by atoms with van der Waals surface area (Å²) < 4.78 is 20.1. The van der Waals surface area contributed by atoms with Gasteiger partial charge in [-0.15, -0.1) is 30.2 Å². The summed E-state index contributed by atoms with van der Waals surface area (Å²) in [7, 11) is -2.86. The molecule has 12 heteroatoms. The highest BCUT2D eigenvalue weighted by Gasteiger charge is 2.53. The minimum Gasteiger partial charge on any atom is -0.465 e. The molecule has 0 unspecified atom stereocenters. The summed E-state index contributed by atoms with van der Waals surface area (Å²) in [4.78, 5) is 48.9. The molecule has 0 aromatic heterocycles. The van der Waals surface area contributed by atoms with Crippen molar-refractivity contribution in [3.63, 3.8) is 0 Å². The van der Waals surface area contributed by atoms with Crippen LogP contribution in [0.25, 0.3) is 0 Å². The quantitative estimate of drug-likeness (QED) is 0.103. The van der Waals surface area contributed by atoms with Crippen molar-refractivity contribution in [1.82, 2.24) is 0 Å². The van der Waals surface area contributed by atoms with Gasteiger partial charge in [-0.05, 0) is 57.2 Å². The maximum Gasteiger partial charge on any atom is 0.325 e. The maximum absolute atomic E-state index is 12.6. The van der Waals surface area contributed by atoms with Gasteiger partial charge in [-0.2, -0.15) is 0 Å². The molecule has 0 amide bonds. The molecule has 0 aliphatic heterocycles. The Hall–Kier alpha value is -3.87. The van der Waals surface area contributed by atoms with E-state index in [9.17, 15) is 24.3 Å². The van der Waals surface area contributed by atoms with Gasteiger partial charge in [0.15, 0.2) is 10.8 Å². The van der Waals surface area contributed by atoms with Crippen molar-refractivity contribution in [1.29, 1.82) is 0 Å². The Morgan fingerprint density at radius 2 is 1.18 bits per heavy atom. The third-order valence-electron chi connectivity index (χ3n) is 7.40. The molecule has 0 bridgehead atoms. The number of benzene rings is 1. The number of hydrogen-bond acceptors (Lipinski definition) is 10. The highest BCUT2D eigenvalue weighted by atomic mass is 28.3. The molecule has 10 nitrogen and oxygen atoms in total. The summed E-state index contributed by atoms with van der Waals surface area (Å²) in [5.74, 6) is 4.70. The minimum absolute atomic E-state index is 0. The largest absolute Gasteiger partial charge is 0.465 e. The molecule has 51 heavy (non-hydrogen) atoms. The first-order valence-corrected chi connectivity index (χ1v) is 23.8. The fourth-order valence-electron chi connectivity index (χ4n) is 5.15. The average molecular weight is 745 g/mol. The number of aliphatic hydroxyl groups excluding tert-OH is 2. The van der Waals surface area contributed by atoms with Gasteiger partial charge in [0, 0.05) is 12.8 Å². The van der Waals surface area contributed by atoms with Crippen molar-refractivity contribution >= 4 is 45.2 Å². The van der Waals surface area contributed by atoms with Gasteiger partial charge in [0.2, 0.25) is 0 Å². The van der Waals surface area contributed by atoms with Gasteiger partial charge in [-0.1, -0.05) is 69.9 Å². The highest BCUT2D eigenvalue weighted by molar-refractivity contribution is 6.89. The van der Waals surface area contributed by atoms with E-state index in [4.69, 9.17) is 36.9 Å². The number of ether oxygens (including phenoxy) is 4. The van der Waals surface area contributed by atoms with Crippen LogP contribution < -0.4 is 5.19 Å². The number of fused-ring (bicyclic) bond motifs is 1. The maximum atomic E-state index is 12.6. The molecule has 2 N–H and O–H groups in total. The van der Waals surface area contributed by atoms with Crippen LogP contribution in [0.1, 0.15) is 64.7 Å². The zero-order chi connectivity index (χ0) is 38.8. The van der Waals surface area contributed by atoms with Gasteiger partial charge in [0.05, 0.1) is 41.1 Å². The lowest BCUT2D eigenvalue weighted by atomic mass is 9.81. The first-order chi connectivity index (χ1) is 23.3. The summed E-state index contributed by atoms with van der Waals surface area (Å²) >= 11 is 0. The Morgan fingerprint density at radius 1 is 0.765 bits per heavy atom. The van der Waals surface area contributed by atoms with Gasteiger partial charge >= 0.3 is 23.9 Å². The standard InChI is InChI=1S/C19H28O5Si.C13H16O4.C6H12OSi.CH4/c1-6-23-17(21)19(18(22)24-7-2)10-13-8-15(12-20)16(25(3,4)5)9-14(13)11-19;1-5-9-13(10-6-2,11(14)16-7-3)12(15)17-8-4;1-8(2,3)6-4-5-7;/h8-9,20H,6-7,10-12H2,1-5H3;1-2H,7-10H2,3-4H3;7H,5H2,1-3H3;1H4. The van der Waals surface area contributed by atoms with Crippen LogP contribution in [0.3, 0.4) is 0 Å². The minimum atomic E-state index is -1.67. The molecule has 0 heterocycles. The molecule has 0 saturated carbocycles. The van der Waals surface area contributed by atoms with Crippen LogP contribution >= 0.6 is 0 Å². The smallest absolute Gasteiger partial charge is 0.325 e. The molecular weight excluding hydrogens is 685 g/mol. The van der Waals surface area contributed by atoms with Crippen LogP contribution in [0.15, 0.2) is 12.1 Å². The van der Waals surface area contributed by atoms with E-state index in [0.29, 0.717) is 6.42 Å². The van der Waals surface area contributed by atoms with E-state index < -0.39 is 50.9 Å². The number of carbonyl (C=O) groups is 4. The Bertz CT molecular complexity index is 1410. The van der Waals surface area contributed by atoms with E-state index in [1.165, 1.54) is 0 Å². The van der Waals surface area contributed by atoms with Crippen molar-refractivity contribution < 1.29 is 48.3 Å². The van der Waals surface area contributed by atoms with Crippen LogP contribution in [0.4, 0.5) is 0 Å². The van der Waals surface area contributed by atoms with Crippen LogP contribution in [0, 0.1) is 47.0 Å². The summed E-state index contributed by atoms with van der Waals surface area (Å²) in [5, 5.41) is 19.2. The molecule has 1 aliphatic carbocycles. The second-order valence-corrected chi connectivity index (χ2v) is 23.3. The highest BCUT2D eigenvalue weighted by Crippen LogP contribution is 2.40. The van der Waals surface area contributed by atoms with Gasteiger partial charge in [-0.25, -0.2) is 0 Å². The van der Waals surface area contributed by atoms with Crippen LogP contribution in [-0.2, 0) is 57.6 Å². The number of terminal acetylenes is 2. The average Bonchev–Trinajstić information content (AvgIpc) is 3.43. The Morgan fingerprint density at radius 3 is 1.47 bits per heavy atom. The molecule has 1 aromatic rings. The van der Waals surface area contributed by atoms with E-state index in [0.717, 1.165) is 21.9 Å². The number of rotatable bonds is 12. The monoisotopic (exact) mass is 744 g/mol. The zero-order valence-electron chi connectivity index (χ0n) is 31.5. The first kappa shape index (κ1) is 49.2. The second-order valence-electron chi connectivity index (χ2n) is 13.6. The fourth-order valence-corrected chi connectivity index (χ4v) is 7.48. The summed E-state index contributed by atoms with van der Waals surface area (Å²) in [5.41, 5.74) is 2.93. The van der Waals surface area contributed by atoms with Gasteiger partial charge in [0.25, 0.3) is 0 Å². The van der Waals surface area contributed by atoms with Crippen molar-refractivity contribution in [2.75, 3.05) is 33.0 Å². The number of esters is 4. The molecule has 0 saturated heterocycles. The van der Waals surface area contributed by atoms with Gasteiger partial charge in [-0.3, -0.25) is 19.2 Å². The first-order valence-electron chi connectivity index (χ1n) is 16.8. The molecule has 1 aliphatic rings. The van der Waals surface area contributed by atoms with Crippen LogP contribution in [0.2, 0.25) is 39.3 Å². The summed E-state index contributed by atoms with van der Waals surface area (Å²) in [6.07, 6.45) is 10.7. The molecule has 0 radical (unpaired) electrons. The predicted octanol–water partition coefficient (Wildman–Crippen LogP) is 4.58. The number of hydrogen-bond donors (Lipinski definition) is 2. The Balaban J connectivity index is 0. The van der Waals surface area contributed by atoms with E-state index in [-0.39, 0.29) is 66.3 Å². The predicted molar refractivity (Wildman–Crippen MR) is 206 cm³/mol. The molecule has 0 atom stereocenters. The van der Waals surface area contributed by atoms with Crippen molar-refractivity contribution in [3.8, 4) is 36.2 Å². The lowest BCUT2D eigenvalue weighted by Gasteiger charge is -2.25. The lowest BCUT2D eigenvalue weighted by Crippen LogP contribution is -2.43. The molecule has 2 rings (SSSR count). The molecule has 284 valence electrons. The lowest BCUT2D eigenvalue weighted by molar-refractivity contribution is -0.173. The summed E-state index contributed by atoms with van der Waals surface area (Å²) in [6, 6.07) is 4.02. The van der Waals surface area contributed by atoms with E-state index >= 15 is 0 Å². The van der Waals surface area contributed by atoms with E-state index in [1.54, 1.807) is 27.7 Å². The number of aliphatic hydroxyl groups is 2. The molecular formula is C39H60O10Si2. The number of carbonyl (C=O) groups excluding carboxylic acids is 4.